The Kier molecular flexibility index (Phi) is 64.6. The Morgan fingerprint density at radius 2 is 0.614 bits per heavy atom. The topological polar surface area (TPSA) is 108 Å². The molecule has 88 heavy (non-hydrogen) atoms. The zero-order valence-corrected chi connectivity index (χ0v) is 58.3. The quantitative estimate of drug-likeness (QED) is 0.0211. The van der Waals surface area contributed by atoms with E-state index >= 15 is 0 Å². The summed E-state index contributed by atoms with van der Waals surface area (Å²) in [6.45, 7) is 4.22. The Bertz CT molecular complexity index is 1950. The van der Waals surface area contributed by atoms with E-state index in [0.717, 1.165) is 109 Å². The minimum absolute atomic E-state index is 0.0269. The third-order valence-corrected chi connectivity index (χ3v) is 16.2. The van der Waals surface area contributed by atoms with Crippen LogP contribution in [0.1, 0.15) is 296 Å². The third kappa shape index (κ3) is 71.2. The number of rotatable bonds is 65. The molecule has 2 unspecified atom stereocenters. The first-order valence-electron chi connectivity index (χ1n) is 35.9. The van der Waals surface area contributed by atoms with Gasteiger partial charge in [0.2, 0.25) is 0 Å². The number of nitrogens with zero attached hydrogens (tertiary/aromatic N) is 1. The Morgan fingerprint density at radius 3 is 0.909 bits per heavy atom. The van der Waals surface area contributed by atoms with Crippen molar-refractivity contribution in [1.82, 2.24) is 0 Å². The Labute approximate surface area is 542 Å². The highest BCUT2D eigenvalue weighted by Crippen LogP contribution is 2.43. The van der Waals surface area contributed by atoms with E-state index in [1.807, 2.05) is 21.1 Å². The van der Waals surface area contributed by atoms with Gasteiger partial charge in [0, 0.05) is 12.8 Å². The lowest BCUT2D eigenvalue weighted by Crippen LogP contribution is -2.37. The van der Waals surface area contributed by atoms with Crippen LogP contribution in [0, 0.1) is 0 Å². The minimum atomic E-state index is -4.40. The van der Waals surface area contributed by atoms with Crippen molar-refractivity contribution >= 4 is 19.8 Å². The van der Waals surface area contributed by atoms with Gasteiger partial charge >= 0.3 is 19.8 Å². The van der Waals surface area contributed by atoms with E-state index in [0.29, 0.717) is 17.4 Å². The van der Waals surface area contributed by atoms with Crippen LogP contribution in [0.5, 0.6) is 0 Å². The molecule has 0 aliphatic heterocycles. The molecule has 0 spiro atoms. The van der Waals surface area contributed by atoms with E-state index in [-0.39, 0.29) is 32.0 Å². The van der Waals surface area contributed by atoms with Gasteiger partial charge in [-0.3, -0.25) is 18.6 Å². The van der Waals surface area contributed by atoms with Crippen LogP contribution < -0.4 is 0 Å². The molecule has 0 bridgehead atoms. The summed E-state index contributed by atoms with van der Waals surface area (Å²) < 4.78 is 34.8. The summed E-state index contributed by atoms with van der Waals surface area (Å²) in [5, 5.41) is 0. The molecule has 0 amide bonds. The first-order valence-corrected chi connectivity index (χ1v) is 37.4. The predicted molar refractivity (Wildman–Crippen MR) is 381 cm³/mol. The standard InChI is InChI=1S/C78H134NO8P/c1-6-8-10-12-14-16-18-20-22-24-26-28-30-32-34-36-38-39-41-42-44-46-48-50-52-54-56-58-60-62-64-66-68-70-77(80)84-74-76(75-86-88(82,83)85-73-72-79(3,4)5)87-78(81)71-69-67-65-63-61-59-57-55-53-51-49-47-45-43-40-37-35-33-31-29-27-25-23-21-19-17-15-13-11-9-7-2/h8-11,14-17,20-23,26-29,32-35,40,43,76H,6-7,12-13,18-19,24-25,30-31,36-39,41-42,44-75H2,1-5H3/p+1/b10-8-,11-9-,16-14-,17-15-,22-20-,23-21-,28-26-,29-27-,34-32-,35-33-,43-40-. The van der Waals surface area contributed by atoms with Gasteiger partial charge in [-0.1, -0.05) is 308 Å². The summed E-state index contributed by atoms with van der Waals surface area (Å²) in [5.74, 6) is -0.796. The summed E-state index contributed by atoms with van der Waals surface area (Å²) in [6, 6.07) is 0. The van der Waals surface area contributed by atoms with Crippen LogP contribution in [0.15, 0.2) is 134 Å². The number of phosphoric acid groups is 1. The fourth-order valence-electron chi connectivity index (χ4n) is 9.75. The van der Waals surface area contributed by atoms with Crippen molar-refractivity contribution in [2.45, 2.75) is 302 Å². The molecule has 9 nitrogen and oxygen atoms in total. The number of carbonyl (C=O) groups excluding carboxylic acids is 2. The number of quaternary nitrogens is 1. The average molecular weight is 1250 g/mol. The van der Waals surface area contributed by atoms with E-state index in [1.54, 1.807) is 0 Å². The highest BCUT2D eigenvalue weighted by Gasteiger charge is 2.27. The molecule has 0 aliphatic carbocycles. The van der Waals surface area contributed by atoms with Crippen molar-refractivity contribution in [1.29, 1.82) is 0 Å². The largest absolute Gasteiger partial charge is 0.472 e. The minimum Gasteiger partial charge on any atom is -0.462 e. The maximum absolute atomic E-state index is 12.9. The summed E-state index contributed by atoms with van der Waals surface area (Å²) in [4.78, 5) is 35.9. The zero-order valence-electron chi connectivity index (χ0n) is 57.4. The number of hydrogen-bond acceptors (Lipinski definition) is 7. The Morgan fingerprint density at radius 1 is 0.352 bits per heavy atom. The number of phosphoric ester groups is 1. The van der Waals surface area contributed by atoms with Gasteiger partial charge < -0.3 is 18.9 Å². The van der Waals surface area contributed by atoms with E-state index in [9.17, 15) is 19.0 Å². The molecular formula is C78H135NO8P+. The van der Waals surface area contributed by atoms with Gasteiger partial charge in [-0.25, -0.2) is 4.57 Å². The van der Waals surface area contributed by atoms with Gasteiger partial charge in [-0.05, 0) is 109 Å². The second-order valence-corrected chi connectivity index (χ2v) is 26.3. The monoisotopic (exact) mass is 1240 g/mol. The highest BCUT2D eigenvalue weighted by molar-refractivity contribution is 7.47. The third-order valence-electron chi connectivity index (χ3n) is 15.2. The van der Waals surface area contributed by atoms with Crippen LogP contribution >= 0.6 is 7.82 Å². The summed E-state index contributed by atoms with van der Waals surface area (Å²) in [5.41, 5.74) is 0. The average Bonchev–Trinajstić information content (AvgIpc) is 3.68. The molecule has 10 heteroatoms. The maximum atomic E-state index is 12.9. The Hall–Kier alpha value is -3.85. The number of hydrogen-bond donors (Lipinski definition) is 1. The van der Waals surface area contributed by atoms with Crippen LogP contribution in [0.2, 0.25) is 0 Å². The molecule has 0 fully saturated rings. The van der Waals surface area contributed by atoms with Gasteiger partial charge in [-0.15, -0.1) is 0 Å². The second-order valence-electron chi connectivity index (χ2n) is 24.9. The normalized spacial score (nSPS) is 13.9. The summed E-state index contributed by atoms with van der Waals surface area (Å²) in [6.07, 6.45) is 98.4. The van der Waals surface area contributed by atoms with E-state index in [4.69, 9.17) is 18.5 Å². The first kappa shape index (κ1) is 84.2. The van der Waals surface area contributed by atoms with E-state index < -0.39 is 26.5 Å². The fourth-order valence-corrected chi connectivity index (χ4v) is 10.5. The van der Waals surface area contributed by atoms with Gasteiger partial charge in [0.1, 0.15) is 19.8 Å². The van der Waals surface area contributed by atoms with Crippen LogP contribution in [-0.2, 0) is 32.7 Å². The SMILES string of the molecule is CC/C=C\C/C=C\C/C=C\C/C=C\C/C=C\C/C=C\CCCCCCCCCCCCCCC(=O)OC(COC(=O)CCCCCCCCCCCCCCCCCCC/C=C\C/C=C\C/C=C\C/C=C\C/C=C\CC)COP(=O)(O)OCC[N+](C)(C)C. The van der Waals surface area contributed by atoms with Gasteiger partial charge in [0.05, 0.1) is 27.7 Å². The second kappa shape index (κ2) is 67.5. The molecule has 0 rings (SSSR count). The fraction of sp³-hybridized carbons (Fsp3) is 0.692. The maximum Gasteiger partial charge on any atom is 0.472 e. The van der Waals surface area contributed by atoms with Crippen molar-refractivity contribution in [3.8, 4) is 0 Å². The van der Waals surface area contributed by atoms with Crippen molar-refractivity contribution < 1.29 is 42.1 Å². The van der Waals surface area contributed by atoms with Crippen LogP contribution in [-0.4, -0.2) is 74.9 Å². The van der Waals surface area contributed by atoms with Gasteiger partial charge in [0.25, 0.3) is 0 Å². The summed E-state index contributed by atoms with van der Waals surface area (Å²) in [7, 11) is 1.47. The van der Waals surface area contributed by atoms with Crippen molar-refractivity contribution in [3.63, 3.8) is 0 Å². The zero-order chi connectivity index (χ0) is 64.1. The van der Waals surface area contributed by atoms with Gasteiger partial charge in [-0.2, -0.15) is 0 Å². The smallest absolute Gasteiger partial charge is 0.462 e. The van der Waals surface area contributed by atoms with Crippen LogP contribution in [0.3, 0.4) is 0 Å². The molecular weight excluding hydrogens is 1110 g/mol. The van der Waals surface area contributed by atoms with Crippen LogP contribution in [0.25, 0.3) is 0 Å². The lowest BCUT2D eigenvalue weighted by molar-refractivity contribution is -0.870. The molecule has 2 atom stereocenters. The number of esters is 2. The molecule has 0 radical (unpaired) electrons. The van der Waals surface area contributed by atoms with Crippen molar-refractivity contribution in [2.75, 3.05) is 47.5 Å². The lowest BCUT2D eigenvalue weighted by Gasteiger charge is -2.24. The van der Waals surface area contributed by atoms with Crippen LogP contribution in [0.4, 0.5) is 0 Å². The van der Waals surface area contributed by atoms with E-state index in [2.05, 4.69) is 148 Å². The first-order chi connectivity index (χ1) is 43.0. The number of allylic oxidation sites excluding steroid dienone is 22. The summed E-state index contributed by atoms with van der Waals surface area (Å²) >= 11 is 0. The molecule has 504 valence electrons. The molecule has 1 N–H and O–H groups in total. The number of carbonyl (C=O) groups is 2. The predicted octanol–water partition coefficient (Wildman–Crippen LogP) is 23.6. The molecule has 0 aliphatic rings. The van der Waals surface area contributed by atoms with Crippen molar-refractivity contribution in [3.05, 3.63) is 134 Å². The molecule has 0 saturated carbocycles. The number of unbranched alkanes of at least 4 members (excludes halogenated alkanes) is 29. The molecule has 0 aromatic carbocycles. The number of likely N-dealkylation sites (N-methyl/N-ethyl adjacent to an activating group) is 1. The Balaban J connectivity index is 4.05. The molecule has 0 aromatic rings. The molecule has 0 saturated heterocycles. The lowest BCUT2D eigenvalue weighted by atomic mass is 10.0. The highest BCUT2D eigenvalue weighted by atomic mass is 31.2. The molecule has 0 heterocycles. The van der Waals surface area contributed by atoms with Crippen molar-refractivity contribution in [2.24, 2.45) is 0 Å². The van der Waals surface area contributed by atoms with E-state index in [1.165, 1.54) is 154 Å². The molecule has 0 aromatic heterocycles. The number of ether oxygens (including phenoxy) is 2. The van der Waals surface area contributed by atoms with Gasteiger partial charge in [0.15, 0.2) is 6.10 Å².